The molecule has 1 rings (SSSR count). The summed E-state index contributed by atoms with van der Waals surface area (Å²) in [7, 11) is 0. The number of hydrogen-bond donors (Lipinski definition) is 0. The van der Waals surface area contributed by atoms with Crippen LogP contribution in [0.4, 0.5) is 8.78 Å². The van der Waals surface area contributed by atoms with Crippen LogP contribution in [-0.4, -0.2) is 11.7 Å². The van der Waals surface area contributed by atoms with Crippen molar-refractivity contribution < 1.29 is 13.6 Å². The van der Waals surface area contributed by atoms with E-state index in [4.69, 9.17) is 23.2 Å². The molecule has 0 aliphatic heterocycles. The molecule has 0 saturated carbocycles. The Bertz CT molecular complexity index is 352. The van der Waals surface area contributed by atoms with Crippen molar-refractivity contribution in [2.75, 3.05) is 5.88 Å². The van der Waals surface area contributed by atoms with E-state index in [2.05, 4.69) is 0 Å². The predicted octanol–water partition coefficient (Wildman–Crippen LogP) is 3.04. The molecule has 0 aromatic heterocycles. The molecule has 1 nitrogen and oxygen atoms in total. The van der Waals surface area contributed by atoms with Crippen LogP contribution in [0.25, 0.3) is 0 Å². The summed E-state index contributed by atoms with van der Waals surface area (Å²) >= 11 is 10.7. The van der Waals surface area contributed by atoms with E-state index in [9.17, 15) is 13.6 Å². The fraction of sp³-hybridized carbons (Fsp3) is 0.125. The minimum atomic E-state index is -1.25. The van der Waals surface area contributed by atoms with Crippen molar-refractivity contribution in [3.63, 3.8) is 0 Å². The fourth-order valence-electron chi connectivity index (χ4n) is 0.849. The molecule has 1 aromatic rings. The monoisotopic (exact) mass is 224 g/mol. The normalized spacial score (nSPS) is 10.2. The highest BCUT2D eigenvalue weighted by Gasteiger charge is 2.18. The molecule has 0 unspecified atom stereocenters. The largest absolute Gasteiger partial charge is 0.293 e. The number of Topliss-reactive ketones (excluding diaryl/α,β-unsaturated/α-hetero) is 1. The standard InChI is InChI=1S/C8H4Cl2F2O/c9-3-6(13)7-4(10)1-2-5(11)8(7)12/h1-2H,3H2. The fourth-order valence-corrected chi connectivity index (χ4v) is 1.23. The minimum Gasteiger partial charge on any atom is -0.293 e. The van der Waals surface area contributed by atoms with E-state index in [-0.39, 0.29) is 5.02 Å². The lowest BCUT2D eigenvalue weighted by Crippen LogP contribution is -2.06. The third-order valence-corrected chi connectivity index (χ3v) is 2.00. The van der Waals surface area contributed by atoms with Gasteiger partial charge in [0.1, 0.15) is 0 Å². The molecule has 13 heavy (non-hydrogen) atoms. The van der Waals surface area contributed by atoms with Gasteiger partial charge in [-0.2, -0.15) is 0 Å². The van der Waals surface area contributed by atoms with Crippen molar-refractivity contribution in [3.8, 4) is 0 Å². The Balaban J connectivity index is 3.33. The van der Waals surface area contributed by atoms with Crippen LogP contribution in [0.3, 0.4) is 0 Å². The Kier molecular flexibility index (Phi) is 3.22. The van der Waals surface area contributed by atoms with Gasteiger partial charge in [0.05, 0.1) is 16.5 Å². The van der Waals surface area contributed by atoms with Crippen LogP contribution >= 0.6 is 23.2 Å². The van der Waals surface area contributed by atoms with Crippen LogP contribution in [0.1, 0.15) is 10.4 Å². The molecular formula is C8H4Cl2F2O. The van der Waals surface area contributed by atoms with E-state index < -0.39 is 28.9 Å². The predicted molar refractivity (Wildman–Crippen MR) is 46.4 cm³/mol. The van der Waals surface area contributed by atoms with Crippen molar-refractivity contribution in [3.05, 3.63) is 34.4 Å². The number of benzene rings is 1. The van der Waals surface area contributed by atoms with Crippen LogP contribution in [-0.2, 0) is 0 Å². The van der Waals surface area contributed by atoms with Crippen LogP contribution in [0.2, 0.25) is 5.02 Å². The van der Waals surface area contributed by atoms with E-state index >= 15 is 0 Å². The van der Waals surface area contributed by atoms with Gasteiger partial charge < -0.3 is 0 Å². The van der Waals surface area contributed by atoms with E-state index in [1.165, 1.54) is 0 Å². The first kappa shape index (κ1) is 10.4. The van der Waals surface area contributed by atoms with Gasteiger partial charge in [-0.25, -0.2) is 8.78 Å². The lowest BCUT2D eigenvalue weighted by molar-refractivity contribution is 0.101. The lowest BCUT2D eigenvalue weighted by atomic mass is 10.1. The molecule has 0 bridgehead atoms. The highest BCUT2D eigenvalue weighted by Crippen LogP contribution is 2.22. The van der Waals surface area contributed by atoms with E-state index in [1.807, 2.05) is 0 Å². The molecular weight excluding hydrogens is 221 g/mol. The van der Waals surface area contributed by atoms with Gasteiger partial charge >= 0.3 is 0 Å². The molecule has 0 atom stereocenters. The van der Waals surface area contributed by atoms with E-state index in [0.717, 1.165) is 12.1 Å². The summed E-state index contributed by atoms with van der Waals surface area (Å²) in [4.78, 5) is 11.0. The van der Waals surface area contributed by atoms with Gasteiger partial charge in [-0.05, 0) is 12.1 Å². The second-order valence-corrected chi connectivity index (χ2v) is 2.95. The summed E-state index contributed by atoms with van der Waals surface area (Å²) in [6.45, 7) is 0. The number of carbonyl (C=O) groups is 1. The number of alkyl halides is 1. The second-order valence-electron chi connectivity index (χ2n) is 2.27. The van der Waals surface area contributed by atoms with E-state index in [0.29, 0.717) is 0 Å². The van der Waals surface area contributed by atoms with Crippen molar-refractivity contribution in [1.29, 1.82) is 0 Å². The summed E-state index contributed by atoms with van der Waals surface area (Å²) in [5, 5.41) is -0.135. The molecule has 0 fully saturated rings. The maximum atomic E-state index is 13.0. The third kappa shape index (κ3) is 1.98. The van der Waals surface area contributed by atoms with Crippen molar-refractivity contribution >= 4 is 29.0 Å². The van der Waals surface area contributed by atoms with Crippen molar-refractivity contribution in [2.45, 2.75) is 0 Å². The van der Waals surface area contributed by atoms with Gasteiger partial charge in [-0.3, -0.25) is 4.79 Å². The zero-order valence-electron chi connectivity index (χ0n) is 6.28. The average Bonchev–Trinajstić information content (AvgIpc) is 2.12. The smallest absolute Gasteiger partial charge is 0.182 e. The molecule has 0 aliphatic rings. The number of carbonyl (C=O) groups excluding carboxylic acids is 1. The van der Waals surface area contributed by atoms with Crippen LogP contribution in [0, 0.1) is 11.6 Å². The van der Waals surface area contributed by atoms with Gasteiger partial charge in [0.25, 0.3) is 0 Å². The minimum absolute atomic E-state index is 0.135. The molecule has 70 valence electrons. The molecule has 0 aliphatic carbocycles. The molecule has 0 saturated heterocycles. The first-order chi connectivity index (χ1) is 6.07. The van der Waals surface area contributed by atoms with Gasteiger partial charge in [0, 0.05) is 0 Å². The maximum Gasteiger partial charge on any atom is 0.182 e. The first-order valence-electron chi connectivity index (χ1n) is 3.30. The first-order valence-corrected chi connectivity index (χ1v) is 4.22. The van der Waals surface area contributed by atoms with Gasteiger partial charge in [-0.1, -0.05) is 11.6 Å². The van der Waals surface area contributed by atoms with Crippen molar-refractivity contribution in [1.82, 2.24) is 0 Å². The third-order valence-electron chi connectivity index (χ3n) is 1.44. The topological polar surface area (TPSA) is 17.1 Å². The highest BCUT2D eigenvalue weighted by atomic mass is 35.5. The molecule has 0 amide bonds. The number of hydrogen-bond acceptors (Lipinski definition) is 1. The van der Waals surface area contributed by atoms with Gasteiger partial charge in [-0.15, -0.1) is 11.6 Å². The SMILES string of the molecule is O=C(CCl)c1c(Cl)ccc(F)c1F. The van der Waals surface area contributed by atoms with E-state index in [1.54, 1.807) is 0 Å². The van der Waals surface area contributed by atoms with Crippen molar-refractivity contribution in [2.24, 2.45) is 0 Å². The van der Waals surface area contributed by atoms with Crippen LogP contribution < -0.4 is 0 Å². The Hall–Kier alpha value is -0.670. The highest BCUT2D eigenvalue weighted by molar-refractivity contribution is 6.37. The molecule has 0 N–H and O–H groups in total. The Morgan fingerprint density at radius 2 is 2.00 bits per heavy atom. The van der Waals surface area contributed by atoms with Gasteiger partial charge in [0.2, 0.25) is 0 Å². The van der Waals surface area contributed by atoms with Crippen LogP contribution in [0.5, 0.6) is 0 Å². The van der Waals surface area contributed by atoms with Gasteiger partial charge in [0.15, 0.2) is 17.4 Å². The summed E-state index contributed by atoms with van der Waals surface area (Å²) in [5.41, 5.74) is -0.489. The quantitative estimate of drug-likeness (QED) is 0.429. The molecule has 1 aromatic carbocycles. The lowest BCUT2D eigenvalue weighted by Gasteiger charge is -2.02. The molecule has 0 radical (unpaired) electrons. The summed E-state index contributed by atoms with van der Waals surface area (Å²) in [5.74, 6) is -3.53. The summed E-state index contributed by atoms with van der Waals surface area (Å²) in [6, 6.07) is 1.96. The molecule has 0 heterocycles. The second kappa shape index (κ2) is 4.03. The molecule has 0 spiro atoms. The summed E-state index contributed by atoms with van der Waals surface area (Å²) < 4.78 is 25.6. The Morgan fingerprint density at radius 3 is 2.54 bits per heavy atom. The zero-order valence-corrected chi connectivity index (χ0v) is 7.79. The number of halogens is 4. The Labute approximate surface area is 83.3 Å². The van der Waals surface area contributed by atoms with Crippen LogP contribution in [0.15, 0.2) is 12.1 Å². The maximum absolute atomic E-state index is 13.0. The number of rotatable bonds is 2. The summed E-state index contributed by atoms with van der Waals surface area (Å²) in [6.07, 6.45) is 0. The Morgan fingerprint density at radius 1 is 1.38 bits per heavy atom. The zero-order chi connectivity index (χ0) is 10.0. The average molecular weight is 225 g/mol. The molecule has 5 heteroatoms. The number of ketones is 1.